The fraction of sp³-hybridized carbons (Fsp3) is 0.111. The maximum atomic E-state index is 13.4. The van der Waals surface area contributed by atoms with Crippen LogP contribution >= 0.6 is 23.2 Å². The molecule has 0 bridgehead atoms. The van der Waals surface area contributed by atoms with Gasteiger partial charge in [-0.3, -0.25) is 19.0 Å². The summed E-state index contributed by atoms with van der Waals surface area (Å²) in [5.41, 5.74) is 0.0305. The van der Waals surface area contributed by atoms with Gasteiger partial charge in [0, 0.05) is 20.8 Å². The first kappa shape index (κ1) is 28.6. The van der Waals surface area contributed by atoms with Crippen molar-refractivity contribution >= 4 is 77.0 Å². The lowest BCUT2D eigenvalue weighted by Gasteiger charge is -2.22. The molecule has 39 heavy (non-hydrogen) atoms. The van der Waals surface area contributed by atoms with Crippen LogP contribution in [0.4, 0.5) is 11.4 Å². The lowest BCUT2D eigenvalue weighted by Crippen LogP contribution is -2.22. The second kappa shape index (κ2) is 11.0. The van der Waals surface area contributed by atoms with Gasteiger partial charge in [0.2, 0.25) is 0 Å². The second-order valence-corrected chi connectivity index (χ2v) is 12.9. The van der Waals surface area contributed by atoms with Crippen molar-refractivity contribution in [1.29, 1.82) is 0 Å². The van der Waals surface area contributed by atoms with E-state index >= 15 is 0 Å². The van der Waals surface area contributed by atoms with Gasteiger partial charge < -0.3 is 0 Å². The molecule has 8 nitrogen and oxygen atoms in total. The number of sulfonamides is 2. The molecule has 12 heteroatoms. The van der Waals surface area contributed by atoms with Gasteiger partial charge in [-0.2, -0.15) is 0 Å². The zero-order valence-corrected chi connectivity index (χ0v) is 23.7. The summed E-state index contributed by atoms with van der Waals surface area (Å²) in [7, 11) is -8.34. The molecular weight excluding hydrogens is 583 g/mol. The van der Waals surface area contributed by atoms with E-state index < -0.39 is 37.5 Å². The molecule has 0 aliphatic rings. The molecule has 0 unspecified atom stereocenters. The van der Waals surface area contributed by atoms with Crippen LogP contribution in [-0.4, -0.2) is 28.4 Å². The summed E-state index contributed by atoms with van der Waals surface area (Å²) in [5.74, 6) is -2.45. The Morgan fingerprint density at radius 1 is 0.667 bits per heavy atom. The van der Waals surface area contributed by atoms with E-state index in [4.69, 9.17) is 23.2 Å². The average Bonchev–Trinajstić information content (AvgIpc) is 2.86. The van der Waals surface area contributed by atoms with Crippen LogP contribution in [0, 0.1) is 0 Å². The van der Waals surface area contributed by atoms with Crippen molar-refractivity contribution in [1.82, 2.24) is 0 Å². The number of nitrogens with one attached hydrogen (secondary N) is 2. The van der Waals surface area contributed by atoms with E-state index in [1.165, 1.54) is 68.4 Å². The van der Waals surface area contributed by atoms with E-state index in [0.29, 0.717) is 15.4 Å². The minimum Gasteiger partial charge on any atom is -0.299 e. The van der Waals surface area contributed by atoms with Gasteiger partial charge in [-0.25, -0.2) is 16.8 Å². The molecule has 4 aromatic rings. The van der Waals surface area contributed by atoms with Crippen molar-refractivity contribution in [2.24, 2.45) is 0 Å². The van der Waals surface area contributed by atoms with Crippen molar-refractivity contribution < 1.29 is 26.4 Å². The fourth-order valence-electron chi connectivity index (χ4n) is 4.17. The van der Waals surface area contributed by atoms with Gasteiger partial charge >= 0.3 is 0 Å². The predicted octanol–water partition coefficient (Wildman–Crippen LogP) is 6.01. The molecule has 0 heterocycles. The van der Waals surface area contributed by atoms with Gasteiger partial charge in [-0.1, -0.05) is 47.5 Å². The number of ketones is 2. The van der Waals surface area contributed by atoms with E-state index in [2.05, 4.69) is 9.44 Å². The first-order valence-corrected chi connectivity index (χ1v) is 15.2. The molecule has 0 amide bonds. The summed E-state index contributed by atoms with van der Waals surface area (Å²) in [6.45, 7) is 2.41. The quantitative estimate of drug-likeness (QED) is 0.225. The SMILES string of the molecule is CC(=O)C(C(C)=O)c1cc(NS(=O)(=O)c2ccc(Cl)cc2)c2ccccc2c1NS(=O)(=O)c1ccc(Cl)cc1. The molecule has 2 N–H and O–H groups in total. The van der Waals surface area contributed by atoms with Gasteiger partial charge in [0.15, 0.2) is 0 Å². The van der Waals surface area contributed by atoms with Crippen molar-refractivity contribution in [2.45, 2.75) is 29.6 Å². The summed E-state index contributed by atoms with van der Waals surface area (Å²) in [5, 5.41) is 1.29. The number of halogens is 2. The molecule has 0 spiro atoms. The molecule has 0 atom stereocenters. The number of anilines is 2. The lowest BCUT2D eigenvalue weighted by atomic mass is 9.88. The number of carbonyl (C=O) groups is 2. The van der Waals surface area contributed by atoms with Gasteiger partial charge in [-0.05, 0) is 74.0 Å². The monoisotopic (exact) mass is 604 g/mol. The summed E-state index contributed by atoms with van der Waals surface area (Å²) in [4.78, 5) is 25.1. The highest BCUT2D eigenvalue weighted by atomic mass is 35.5. The fourth-order valence-corrected chi connectivity index (χ4v) is 6.60. The van der Waals surface area contributed by atoms with E-state index in [1.54, 1.807) is 24.3 Å². The molecule has 0 aliphatic carbocycles. The van der Waals surface area contributed by atoms with Crippen LogP contribution < -0.4 is 9.44 Å². The van der Waals surface area contributed by atoms with Crippen LogP contribution in [0.15, 0.2) is 88.7 Å². The third-order valence-corrected chi connectivity index (χ3v) is 9.18. The summed E-state index contributed by atoms with van der Waals surface area (Å²) >= 11 is 11.8. The smallest absolute Gasteiger partial charge is 0.261 e. The third-order valence-electron chi connectivity index (χ3n) is 5.93. The maximum Gasteiger partial charge on any atom is 0.261 e. The number of carbonyl (C=O) groups excluding carboxylic acids is 2. The molecule has 4 rings (SSSR count). The molecule has 202 valence electrons. The molecule has 4 aromatic carbocycles. The second-order valence-electron chi connectivity index (χ2n) is 8.71. The average molecular weight is 606 g/mol. The Morgan fingerprint density at radius 2 is 1.10 bits per heavy atom. The first-order chi connectivity index (χ1) is 18.3. The Balaban J connectivity index is 1.96. The Morgan fingerprint density at radius 3 is 1.56 bits per heavy atom. The van der Waals surface area contributed by atoms with Gasteiger partial charge in [0.25, 0.3) is 20.0 Å². The molecule has 0 aliphatic heterocycles. The molecule has 0 radical (unpaired) electrons. The van der Waals surface area contributed by atoms with Crippen molar-refractivity contribution in [3.63, 3.8) is 0 Å². The molecule has 0 saturated carbocycles. The first-order valence-electron chi connectivity index (χ1n) is 11.4. The molecule has 0 saturated heterocycles. The Bertz CT molecular complexity index is 1790. The standard InChI is InChI=1S/C27H22Cl2N2O6S2/c1-16(32)26(17(2)33)24-15-25(30-38(34,35)20-11-7-18(28)8-12-20)22-5-3-4-6-23(22)27(24)31-39(36,37)21-13-9-19(29)10-14-21/h3-15,26,30-31H,1-2H3. The normalized spacial score (nSPS) is 11.9. The number of rotatable bonds is 9. The lowest BCUT2D eigenvalue weighted by molar-refractivity contribution is -0.126. The highest BCUT2D eigenvalue weighted by molar-refractivity contribution is 7.93. The van der Waals surface area contributed by atoms with Gasteiger partial charge in [-0.15, -0.1) is 0 Å². The molecule has 0 fully saturated rings. The van der Waals surface area contributed by atoms with Crippen LogP contribution in [-0.2, 0) is 29.6 Å². The number of fused-ring (bicyclic) bond motifs is 1. The van der Waals surface area contributed by atoms with E-state index in [1.807, 2.05) is 0 Å². The molecule has 0 aromatic heterocycles. The minimum absolute atomic E-state index is 0.0000413. The number of hydrogen-bond acceptors (Lipinski definition) is 6. The van der Waals surface area contributed by atoms with E-state index in [0.717, 1.165) is 0 Å². The largest absolute Gasteiger partial charge is 0.299 e. The van der Waals surface area contributed by atoms with Crippen LogP contribution in [0.3, 0.4) is 0 Å². The van der Waals surface area contributed by atoms with Crippen molar-refractivity contribution in [3.05, 3.63) is 94.5 Å². The van der Waals surface area contributed by atoms with Crippen LogP contribution in [0.25, 0.3) is 10.8 Å². The van der Waals surface area contributed by atoms with Gasteiger partial charge in [0.05, 0.1) is 21.2 Å². The Labute approximate surface area is 236 Å². The summed E-state index contributed by atoms with van der Waals surface area (Å²) < 4.78 is 58.2. The zero-order valence-electron chi connectivity index (χ0n) is 20.6. The Kier molecular flexibility index (Phi) is 8.04. The number of Topliss-reactive ketones (excluding diaryl/α,β-unsaturated/α-hetero) is 2. The Hall–Kier alpha value is -3.44. The number of benzene rings is 4. The number of hydrogen-bond donors (Lipinski definition) is 2. The third kappa shape index (κ3) is 6.09. The van der Waals surface area contributed by atoms with Crippen LogP contribution in [0.1, 0.15) is 25.3 Å². The highest BCUT2D eigenvalue weighted by Gasteiger charge is 2.30. The predicted molar refractivity (Wildman–Crippen MR) is 153 cm³/mol. The van der Waals surface area contributed by atoms with E-state index in [9.17, 15) is 26.4 Å². The zero-order chi connectivity index (χ0) is 28.5. The summed E-state index contributed by atoms with van der Waals surface area (Å²) in [6, 6.07) is 18.7. The topological polar surface area (TPSA) is 126 Å². The highest BCUT2D eigenvalue weighted by Crippen LogP contribution is 2.40. The minimum atomic E-state index is -4.21. The maximum absolute atomic E-state index is 13.4. The van der Waals surface area contributed by atoms with E-state index in [-0.39, 0.29) is 32.1 Å². The molecular formula is C27H22Cl2N2O6S2. The van der Waals surface area contributed by atoms with Crippen molar-refractivity contribution in [3.8, 4) is 0 Å². The van der Waals surface area contributed by atoms with Crippen molar-refractivity contribution in [2.75, 3.05) is 9.44 Å². The van der Waals surface area contributed by atoms with Crippen LogP contribution in [0.2, 0.25) is 10.0 Å². The summed E-state index contributed by atoms with van der Waals surface area (Å²) in [6.07, 6.45) is 0. The van der Waals surface area contributed by atoms with Gasteiger partial charge in [0.1, 0.15) is 17.5 Å². The van der Waals surface area contributed by atoms with Crippen LogP contribution in [0.5, 0.6) is 0 Å².